The Morgan fingerprint density at radius 1 is 1.17 bits per heavy atom. The smallest absolute Gasteiger partial charge is 0.408 e. The minimum atomic E-state index is -0.568. The van der Waals surface area contributed by atoms with Crippen molar-refractivity contribution in [3.63, 3.8) is 0 Å². The number of nitrogens with one attached hydrogen (secondary N) is 2. The molecule has 2 heterocycles. The van der Waals surface area contributed by atoms with Crippen molar-refractivity contribution in [1.29, 1.82) is 0 Å². The van der Waals surface area contributed by atoms with Gasteiger partial charge in [-0.15, -0.1) is 0 Å². The van der Waals surface area contributed by atoms with Gasteiger partial charge in [0.2, 0.25) is 5.56 Å². The highest BCUT2D eigenvalue weighted by Gasteiger charge is 2.15. The minimum absolute atomic E-state index is 0.0468. The molecule has 0 saturated heterocycles. The summed E-state index contributed by atoms with van der Waals surface area (Å²) >= 11 is 0. The van der Waals surface area contributed by atoms with Crippen LogP contribution in [-0.2, 0) is 6.54 Å². The number of likely N-dealkylation sites (N-methyl/N-ethyl adjacent to an activating group) is 1. The molecule has 0 atom stereocenters. The van der Waals surface area contributed by atoms with E-state index in [9.17, 15) is 18.8 Å². The number of benzene rings is 2. The SMILES string of the molecule is CN(C)CCn1c(=O)oc2ccc(NC(=O)c3cc(=O)[nH]c4ccc(F)cc34)cc21. The quantitative estimate of drug-likeness (QED) is 0.526. The Morgan fingerprint density at radius 2 is 1.97 bits per heavy atom. The molecule has 0 aliphatic rings. The maximum Gasteiger partial charge on any atom is 0.419 e. The van der Waals surface area contributed by atoms with Crippen LogP contribution in [-0.4, -0.2) is 41.0 Å². The van der Waals surface area contributed by atoms with Gasteiger partial charge >= 0.3 is 5.76 Å². The van der Waals surface area contributed by atoms with Crippen LogP contribution in [0.1, 0.15) is 10.4 Å². The molecule has 0 saturated carbocycles. The fourth-order valence-corrected chi connectivity index (χ4v) is 3.26. The second-order valence-electron chi connectivity index (χ2n) is 7.20. The van der Waals surface area contributed by atoms with E-state index in [0.717, 1.165) is 6.07 Å². The third-order valence-corrected chi connectivity index (χ3v) is 4.75. The average Bonchev–Trinajstić information content (AvgIpc) is 3.00. The lowest BCUT2D eigenvalue weighted by Gasteiger charge is -2.10. The van der Waals surface area contributed by atoms with E-state index in [0.29, 0.717) is 40.8 Å². The van der Waals surface area contributed by atoms with E-state index < -0.39 is 23.0 Å². The first kappa shape index (κ1) is 19.6. The molecule has 0 spiro atoms. The number of anilines is 1. The molecule has 4 aromatic rings. The number of rotatable bonds is 5. The third kappa shape index (κ3) is 3.74. The predicted molar refractivity (Wildman–Crippen MR) is 112 cm³/mol. The van der Waals surface area contributed by atoms with Crippen molar-refractivity contribution in [2.75, 3.05) is 26.0 Å². The Morgan fingerprint density at radius 3 is 2.73 bits per heavy atom. The summed E-state index contributed by atoms with van der Waals surface area (Å²) in [5, 5.41) is 3.00. The fourth-order valence-electron chi connectivity index (χ4n) is 3.26. The largest absolute Gasteiger partial charge is 0.419 e. The molecule has 0 fully saturated rings. The van der Waals surface area contributed by atoms with E-state index in [2.05, 4.69) is 10.3 Å². The highest BCUT2D eigenvalue weighted by atomic mass is 19.1. The van der Waals surface area contributed by atoms with Crippen molar-refractivity contribution in [2.24, 2.45) is 0 Å². The molecule has 2 aromatic carbocycles. The van der Waals surface area contributed by atoms with Crippen LogP contribution < -0.4 is 16.6 Å². The number of hydrogen-bond donors (Lipinski definition) is 2. The van der Waals surface area contributed by atoms with Gasteiger partial charge in [0, 0.05) is 35.7 Å². The second kappa shape index (κ2) is 7.60. The Bertz CT molecular complexity index is 1380. The molecule has 2 N–H and O–H groups in total. The maximum atomic E-state index is 13.7. The van der Waals surface area contributed by atoms with Crippen molar-refractivity contribution in [3.8, 4) is 0 Å². The first-order valence-electron chi connectivity index (χ1n) is 9.24. The van der Waals surface area contributed by atoms with Crippen LogP contribution >= 0.6 is 0 Å². The first-order valence-corrected chi connectivity index (χ1v) is 9.24. The number of aromatic nitrogens is 2. The number of halogens is 1. The molecular formula is C21H19FN4O4. The highest BCUT2D eigenvalue weighted by Crippen LogP contribution is 2.21. The second-order valence-corrected chi connectivity index (χ2v) is 7.20. The lowest BCUT2D eigenvalue weighted by Crippen LogP contribution is -2.23. The lowest BCUT2D eigenvalue weighted by molar-refractivity contribution is 0.102. The minimum Gasteiger partial charge on any atom is -0.408 e. The molecular weight excluding hydrogens is 391 g/mol. The first-order chi connectivity index (χ1) is 14.3. The van der Waals surface area contributed by atoms with Crippen LogP contribution in [0.4, 0.5) is 10.1 Å². The molecule has 9 heteroatoms. The van der Waals surface area contributed by atoms with Crippen LogP contribution in [0.25, 0.3) is 22.0 Å². The zero-order valence-electron chi connectivity index (χ0n) is 16.4. The summed E-state index contributed by atoms with van der Waals surface area (Å²) in [6.45, 7) is 1.06. The van der Waals surface area contributed by atoms with Gasteiger partial charge in [0.15, 0.2) is 5.58 Å². The molecule has 0 unspecified atom stereocenters. The van der Waals surface area contributed by atoms with Gasteiger partial charge in [0.1, 0.15) is 5.82 Å². The molecule has 8 nitrogen and oxygen atoms in total. The number of carbonyl (C=O) groups is 1. The zero-order chi connectivity index (χ0) is 21.4. The zero-order valence-corrected chi connectivity index (χ0v) is 16.4. The van der Waals surface area contributed by atoms with E-state index in [1.807, 2.05) is 19.0 Å². The number of hydrogen-bond acceptors (Lipinski definition) is 5. The summed E-state index contributed by atoms with van der Waals surface area (Å²) in [4.78, 5) is 41.4. The summed E-state index contributed by atoms with van der Waals surface area (Å²) in [7, 11) is 3.79. The van der Waals surface area contributed by atoms with Gasteiger partial charge in [0.05, 0.1) is 11.1 Å². The van der Waals surface area contributed by atoms with Crippen molar-refractivity contribution in [3.05, 3.63) is 74.7 Å². The van der Waals surface area contributed by atoms with Crippen LogP contribution in [0, 0.1) is 5.82 Å². The molecule has 30 heavy (non-hydrogen) atoms. The van der Waals surface area contributed by atoms with Crippen LogP contribution in [0.3, 0.4) is 0 Å². The Balaban J connectivity index is 1.71. The van der Waals surface area contributed by atoms with Gasteiger partial charge in [-0.25, -0.2) is 9.18 Å². The van der Waals surface area contributed by atoms with E-state index in [-0.39, 0.29) is 5.56 Å². The number of oxazole rings is 1. The molecule has 0 bridgehead atoms. The fraction of sp³-hybridized carbons (Fsp3) is 0.190. The maximum absolute atomic E-state index is 13.7. The van der Waals surface area contributed by atoms with Gasteiger partial charge in [-0.1, -0.05) is 0 Å². The van der Waals surface area contributed by atoms with Gasteiger partial charge in [-0.05, 0) is 50.5 Å². The van der Waals surface area contributed by atoms with Gasteiger partial charge in [-0.3, -0.25) is 14.2 Å². The van der Waals surface area contributed by atoms with Gasteiger partial charge in [0.25, 0.3) is 5.91 Å². The molecule has 0 radical (unpaired) electrons. The van der Waals surface area contributed by atoms with Crippen LogP contribution in [0.5, 0.6) is 0 Å². The highest BCUT2D eigenvalue weighted by molar-refractivity contribution is 6.12. The van der Waals surface area contributed by atoms with Crippen LogP contribution in [0.2, 0.25) is 0 Å². The normalized spacial score (nSPS) is 11.5. The lowest BCUT2D eigenvalue weighted by atomic mass is 10.1. The Kier molecular flexibility index (Phi) is 4.96. The topological polar surface area (TPSA) is 100 Å². The van der Waals surface area contributed by atoms with Crippen molar-refractivity contribution < 1.29 is 13.6 Å². The summed E-state index contributed by atoms with van der Waals surface area (Å²) < 4.78 is 20.4. The number of carbonyl (C=O) groups excluding carboxylic acids is 1. The summed E-state index contributed by atoms with van der Waals surface area (Å²) in [6, 6.07) is 9.75. The number of nitrogens with zero attached hydrogens (tertiary/aromatic N) is 2. The van der Waals surface area contributed by atoms with Gasteiger partial charge < -0.3 is 19.6 Å². The standard InChI is InChI=1S/C21H19FN4O4/c1-25(2)7-8-26-17-10-13(4-6-18(17)30-21(26)29)23-20(28)15-11-19(27)24-16-5-3-12(22)9-14(15)16/h3-6,9-11H,7-8H2,1-2H3,(H,23,28)(H,24,27). The summed E-state index contributed by atoms with van der Waals surface area (Å²) in [5.41, 5.74) is 1.29. The molecule has 2 aromatic heterocycles. The van der Waals surface area contributed by atoms with Crippen LogP contribution in [0.15, 0.2) is 56.5 Å². The van der Waals surface area contributed by atoms with E-state index >= 15 is 0 Å². The number of H-pyrrole nitrogens is 1. The molecule has 1 amide bonds. The van der Waals surface area contributed by atoms with E-state index in [4.69, 9.17) is 4.42 Å². The number of pyridine rings is 1. The van der Waals surface area contributed by atoms with Crippen molar-refractivity contribution >= 4 is 33.6 Å². The number of aromatic amines is 1. The van der Waals surface area contributed by atoms with Gasteiger partial charge in [-0.2, -0.15) is 0 Å². The van der Waals surface area contributed by atoms with E-state index in [1.165, 1.54) is 22.8 Å². The third-order valence-electron chi connectivity index (χ3n) is 4.75. The van der Waals surface area contributed by atoms with Crippen molar-refractivity contribution in [1.82, 2.24) is 14.5 Å². The summed E-state index contributed by atoms with van der Waals surface area (Å²) in [5.74, 6) is -1.57. The predicted octanol–water partition coefficient (Wildman–Crippen LogP) is 2.39. The Hall–Kier alpha value is -3.72. The number of amides is 1. The summed E-state index contributed by atoms with van der Waals surface area (Å²) in [6.07, 6.45) is 0. The Labute approximate surface area is 169 Å². The molecule has 154 valence electrons. The van der Waals surface area contributed by atoms with Crippen molar-refractivity contribution in [2.45, 2.75) is 6.54 Å². The monoisotopic (exact) mass is 410 g/mol. The molecule has 0 aliphatic heterocycles. The average molecular weight is 410 g/mol. The number of fused-ring (bicyclic) bond motifs is 2. The molecule has 4 rings (SSSR count). The van der Waals surface area contributed by atoms with E-state index in [1.54, 1.807) is 18.2 Å². The molecule has 0 aliphatic carbocycles.